The predicted molar refractivity (Wildman–Crippen MR) is 137 cm³/mol. The quantitative estimate of drug-likeness (QED) is 0.460. The van der Waals surface area contributed by atoms with Gasteiger partial charge in [0.25, 0.3) is 5.56 Å². The normalized spacial score (nSPS) is 19.3. The van der Waals surface area contributed by atoms with Crippen molar-refractivity contribution in [3.63, 3.8) is 0 Å². The van der Waals surface area contributed by atoms with Gasteiger partial charge in [0, 0.05) is 31.1 Å². The van der Waals surface area contributed by atoms with E-state index < -0.39 is 11.2 Å². The van der Waals surface area contributed by atoms with Crippen LogP contribution in [0.3, 0.4) is 0 Å². The smallest absolute Gasteiger partial charge is 0.411 e. The van der Waals surface area contributed by atoms with E-state index in [4.69, 9.17) is 4.74 Å². The molecular weight excluding hydrogens is 440 g/mol. The second kappa shape index (κ2) is 9.70. The summed E-state index contributed by atoms with van der Waals surface area (Å²) in [6.45, 7) is 7.89. The Kier molecular flexibility index (Phi) is 6.86. The van der Waals surface area contributed by atoms with Gasteiger partial charge in [-0.25, -0.2) is 4.79 Å². The molecular formula is C29H34N2O4. The summed E-state index contributed by atoms with van der Waals surface area (Å²) >= 11 is 0. The van der Waals surface area contributed by atoms with Crippen LogP contribution in [0, 0.1) is 6.92 Å². The summed E-state index contributed by atoms with van der Waals surface area (Å²) in [5.41, 5.74) is 2.50. The van der Waals surface area contributed by atoms with E-state index in [1.807, 2.05) is 67.6 Å². The van der Waals surface area contributed by atoms with E-state index in [-0.39, 0.29) is 17.7 Å². The van der Waals surface area contributed by atoms with Crippen LogP contribution in [0.5, 0.6) is 0 Å². The molecule has 1 fully saturated rings. The summed E-state index contributed by atoms with van der Waals surface area (Å²) < 4.78 is 6.16. The van der Waals surface area contributed by atoms with Gasteiger partial charge in [0.1, 0.15) is 5.60 Å². The first-order valence-corrected chi connectivity index (χ1v) is 12.2. The van der Waals surface area contributed by atoms with E-state index >= 15 is 0 Å². The average molecular weight is 475 g/mol. The Morgan fingerprint density at radius 3 is 2.37 bits per heavy atom. The Hall–Kier alpha value is -3.38. The molecule has 0 spiro atoms. The zero-order chi connectivity index (χ0) is 25.2. The molecule has 1 aromatic heterocycles. The van der Waals surface area contributed by atoms with Crippen LogP contribution in [0.15, 0.2) is 71.7 Å². The molecule has 3 aromatic rings. The molecule has 0 saturated carbocycles. The lowest BCUT2D eigenvalue weighted by Gasteiger charge is -2.46. The van der Waals surface area contributed by atoms with Crippen LogP contribution in [0.4, 0.5) is 4.79 Å². The molecule has 0 aliphatic carbocycles. The van der Waals surface area contributed by atoms with Gasteiger partial charge in [0.05, 0.1) is 11.6 Å². The summed E-state index contributed by atoms with van der Waals surface area (Å²) in [7, 11) is 0. The van der Waals surface area contributed by atoms with Gasteiger partial charge in [0.15, 0.2) is 0 Å². The number of aromatic amines is 1. The number of nitrogens with one attached hydrogen (secondary N) is 1. The number of benzene rings is 2. The highest BCUT2D eigenvalue weighted by atomic mass is 16.6. The summed E-state index contributed by atoms with van der Waals surface area (Å²) in [4.78, 5) is 29.9. The van der Waals surface area contributed by atoms with Gasteiger partial charge in [-0.15, -0.1) is 0 Å². The summed E-state index contributed by atoms with van der Waals surface area (Å²) in [6, 6.07) is 19.5. The fourth-order valence-electron chi connectivity index (χ4n) is 5.21. The minimum atomic E-state index is -0.991. The van der Waals surface area contributed by atoms with E-state index in [2.05, 4.69) is 11.9 Å². The largest absolute Gasteiger partial charge is 0.438 e. The molecule has 6 nitrogen and oxygen atoms in total. The van der Waals surface area contributed by atoms with Crippen LogP contribution < -0.4 is 5.56 Å². The number of H-pyrrole nitrogens is 1. The molecule has 0 bridgehead atoms. The number of nitrogens with zero attached hydrogens (tertiary/aromatic N) is 1. The van der Waals surface area contributed by atoms with Gasteiger partial charge in [-0.05, 0) is 55.5 Å². The van der Waals surface area contributed by atoms with Crippen LogP contribution >= 0.6 is 0 Å². The Morgan fingerprint density at radius 1 is 1.09 bits per heavy atom. The van der Waals surface area contributed by atoms with Crippen molar-refractivity contribution in [1.29, 1.82) is 0 Å². The third kappa shape index (κ3) is 5.17. The number of aliphatic hydroxyl groups is 1. The monoisotopic (exact) mass is 474 g/mol. The van der Waals surface area contributed by atoms with Crippen molar-refractivity contribution >= 4 is 6.09 Å². The number of pyridine rings is 1. The number of aromatic nitrogens is 1. The Bertz CT molecular complexity index is 1230. The molecule has 0 unspecified atom stereocenters. The minimum absolute atomic E-state index is 0.0953. The van der Waals surface area contributed by atoms with Gasteiger partial charge >= 0.3 is 6.09 Å². The Morgan fingerprint density at radius 2 is 1.77 bits per heavy atom. The molecule has 2 atom stereocenters. The van der Waals surface area contributed by atoms with Crippen LogP contribution in [-0.2, 0) is 10.3 Å². The summed E-state index contributed by atoms with van der Waals surface area (Å²) in [6.07, 6.45) is 2.94. The van der Waals surface area contributed by atoms with Gasteiger partial charge in [-0.3, -0.25) is 4.79 Å². The fraction of sp³-hybridized carbons (Fsp3) is 0.379. The second-order valence-corrected chi connectivity index (χ2v) is 10.1. The van der Waals surface area contributed by atoms with E-state index in [0.717, 1.165) is 28.7 Å². The maximum atomic E-state index is 13.4. The highest BCUT2D eigenvalue weighted by molar-refractivity contribution is 5.71. The third-order valence-corrected chi connectivity index (χ3v) is 6.87. The first-order chi connectivity index (χ1) is 16.6. The number of hydrogen-bond acceptors (Lipinski definition) is 4. The molecule has 1 amide bonds. The maximum absolute atomic E-state index is 13.4. The second-order valence-electron chi connectivity index (χ2n) is 10.1. The molecule has 35 heavy (non-hydrogen) atoms. The zero-order valence-corrected chi connectivity index (χ0v) is 20.9. The number of amides is 1. The van der Waals surface area contributed by atoms with Crippen molar-refractivity contribution < 1.29 is 14.6 Å². The van der Waals surface area contributed by atoms with Gasteiger partial charge in [-0.2, -0.15) is 0 Å². The molecule has 1 aliphatic rings. The maximum Gasteiger partial charge on any atom is 0.411 e. The number of rotatable bonds is 7. The van der Waals surface area contributed by atoms with Crippen molar-refractivity contribution in [2.45, 2.75) is 64.2 Å². The first-order valence-electron chi connectivity index (χ1n) is 12.2. The van der Waals surface area contributed by atoms with Crippen molar-refractivity contribution in [3.05, 3.63) is 93.9 Å². The Balaban J connectivity index is 1.59. The zero-order valence-electron chi connectivity index (χ0n) is 20.9. The molecule has 2 N–H and O–H groups in total. The van der Waals surface area contributed by atoms with Gasteiger partial charge in [-0.1, -0.05) is 61.5 Å². The topological polar surface area (TPSA) is 82.6 Å². The SMILES string of the molecule is CC[C@@H](c1ccc(-c2cc[nH]c(=O)c2C)cc1)N1CC[C@](CC(C)(C)O)(c2ccccc2)OC1=O. The molecule has 1 aliphatic heterocycles. The van der Waals surface area contributed by atoms with E-state index in [0.29, 0.717) is 24.9 Å². The van der Waals surface area contributed by atoms with Crippen molar-refractivity contribution in [1.82, 2.24) is 9.88 Å². The van der Waals surface area contributed by atoms with Crippen molar-refractivity contribution in [3.8, 4) is 11.1 Å². The molecule has 6 heteroatoms. The summed E-state index contributed by atoms with van der Waals surface area (Å²) in [5, 5.41) is 10.6. The average Bonchev–Trinajstić information content (AvgIpc) is 2.83. The molecule has 0 radical (unpaired) electrons. The van der Waals surface area contributed by atoms with E-state index in [1.165, 1.54) is 0 Å². The predicted octanol–water partition coefficient (Wildman–Crippen LogP) is 5.70. The Labute approximate surface area is 206 Å². The third-order valence-electron chi connectivity index (χ3n) is 6.87. The highest BCUT2D eigenvalue weighted by Gasteiger charge is 2.46. The van der Waals surface area contributed by atoms with Gasteiger partial charge < -0.3 is 19.7 Å². The molecule has 1 saturated heterocycles. The standard InChI is InChI=1S/C29H34N2O4/c1-5-25(22-13-11-21(12-14-22)24-15-17-30-26(32)20(24)2)31-18-16-29(35-27(31)33,19-28(3,4)34)23-9-7-6-8-10-23/h6-15,17,25,34H,5,16,18-19H2,1-4H3,(H,30,32)/t25-,29-/m0/s1. The van der Waals surface area contributed by atoms with Crippen molar-refractivity contribution in [2.24, 2.45) is 0 Å². The lowest BCUT2D eigenvalue weighted by atomic mass is 9.80. The highest BCUT2D eigenvalue weighted by Crippen LogP contribution is 2.43. The fourth-order valence-corrected chi connectivity index (χ4v) is 5.21. The van der Waals surface area contributed by atoms with Crippen molar-refractivity contribution in [2.75, 3.05) is 6.54 Å². The number of carbonyl (C=O) groups is 1. The number of ether oxygens (including phenoxy) is 1. The molecule has 2 aromatic carbocycles. The molecule has 2 heterocycles. The van der Waals surface area contributed by atoms with E-state index in [9.17, 15) is 14.7 Å². The summed E-state index contributed by atoms with van der Waals surface area (Å²) in [5.74, 6) is 0. The van der Waals surface area contributed by atoms with Crippen LogP contribution in [0.2, 0.25) is 0 Å². The van der Waals surface area contributed by atoms with Crippen LogP contribution in [0.1, 0.15) is 62.8 Å². The van der Waals surface area contributed by atoms with Crippen LogP contribution in [0.25, 0.3) is 11.1 Å². The molecule has 4 rings (SSSR count). The number of carbonyl (C=O) groups excluding carboxylic acids is 1. The lowest BCUT2D eigenvalue weighted by molar-refractivity contribution is -0.102. The first kappa shape index (κ1) is 24.7. The lowest BCUT2D eigenvalue weighted by Crippen LogP contribution is -2.51. The van der Waals surface area contributed by atoms with E-state index in [1.54, 1.807) is 24.9 Å². The van der Waals surface area contributed by atoms with Crippen LogP contribution in [-0.4, -0.2) is 33.2 Å². The minimum Gasteiger partial charge on any atom is -0.438 e. The number of hydrogen-bond donors (Lipinski definition) is 2. The molecule has 184 valence electrons. The number of cyclic esters (lactones) is 1. The van der Waals surface area contributed by atoms with Gasteiger partial charge in [0.2, 0.25) is 0 Å².